The van der Waals surface area contributed by atoms with Crippen LogP contribution in [-0.2, 0) is 19.6 Å². The number of hydrogen-bond donors (Lipinski definition) is 1. The molecule has 0 unspecified atom stereocenters. The molecule has 0 saturated carbocycles. The number of nitrogens with one attached hydrogen (secondary N) is 1. The van der Waals surface area contributed by atoms with Crippen LogP contribution in [0, 0.1) is 0 Å². The predicted molar refractivity (Wildman–Crippen MR) is 81.0 cm³/mol. The predicted octanol–water partition coefficient (Wildman–Crippen LogP) is 2.22. The summed E-state index contributed by atoms with van der Waals surface area (Å²) in [4.78, 5) is 11.1. The van der Waals surface area contributed by atoms with Crippen LogP contribution in [0.1, 0.15) is 23.9 Å². The van der Waals surface area contributed by atoms with Crippen LogP contribution in [0.15, 0.2) is 42.7 Å². The summed E-state index contributed by atoms with van der Waals surface area (Å²) >= 11 is 0. The van der Waals surface area contributed by atoms with Crippen LogP contribution in [0.4, 0.5) is 0 Å². The Balaban J connectivity index is 2.00. The summed E-state index contributed by atoms with van der Waals surface area (Å²) in [7, 11) is 1.94. The molecule has 0 radical (unpaired) electrons. The summed E-state index contributed by atoms with van der Waals surface area (Å²) in [5.41, 5.74) is 3.49. The molecule has 0 aliphatic heterocycles. The second kappa shape index (κ2) is 7.72. The molecule has 0 aromatic carbocycles. The lowest BCUT2D eigenvalue weighted by molar-refractivity contribution is 0.268. The number of aromatic nitrogens is 2. The Hall–Kier alpha value is -1.78. The van der Waals surface area contributed by atoms with E-state index in [4.69, 9.17) is 0 Å². The van der Waals surface area contributed by atoms with E-state index in [0.717, 1.165) is 37.6 Å². The van der Waals surface area contributed by atoms with Crippen LogP contribution in [0.25, 0.3) is 0 Å². The summed E-state index contributed by atoms with van der Waals surface area (Å²) < 4.78 is 0. The van der Waals surface area contributed by atoms with Crippen LogP contribution in [0.3, 0.4) is 0 Å². The molecule has 2 aromatic rings. The number of rotatable bonds is 7. The summed E-state index contributed by atoms with van der Waals surface area (Å²) in [5, 5.41) is 3.14. The molecule has 4 heteroatoms. The molecule has 2 heterocycles. The SMILES string of the molecule is CCN(Cc1ccncc1)Cc1cccc(CNC)n1. The molecule has 2 rings (SSSR count). The van der Waals surface area contributed by atoms with Gasteiger partial charge in [0.05, 0.1) is 11.4 Å². The third-order valence-corrected chi connectivity index (χ3v) is 3.21. The zero-order chi connectivity index (χ0) is 14.2. The molecule has 4 nitrogen and oxygen atoms in total. The van der Waals surface area contributed by atoms with Crippen LogP contribution in [-0.4, -0.2) is 28.5 Å². The van der Waals surface area contributed by atoms with Gasteiger partial charge in [0.2, 0.25) is 0 Å². The molecule has 106 valence electrons. The van der Waals surface area contributed by atoms with Crippen molar-refractivity contribution in [1.29, 1.82) is 0 Å². The fourth-order valence-electron chi connectivity index (χ4n) is 2.15. The van der Waals surface area contributed by atoms with E-state index in [0.29, 0.717) is 0 Å². The lowest BCUT2D eigenvalue weighted by atomic mass is 10.2. The standard InChI is InChI=1S/C16H22N4/c1-3-20(12-14-7-9-18-10-8-14)13-16-6-4-5-15(19-16)11-17-2/h4-10,17H,3,11-13H2,1-2H3. The van der Waals surface area contributed by atoms with Gasteiger partial charge in [0.15, 0.2) is 0 Å². The molecule has 1 N–H and O–H groups in total. The number of pyridine rings is 2. The van der Waals surface area contributed by atoms with Gasteiger partial charge >= 0.3 is 0 Å². The Kier molecular flexibility index (Phi) is 5.65. The Morgan fingerprint density at radius 3 is 2.50 bits per heavy atom. The average molecular weight is 270 g/mol. The molecule has 20 heavy (non-hydrogen) atoms. The van der Waals surface area contributed by atoms with Gasteiger partial charge in [-0.15, -0.1) is 0 Å². The smallest absolute Gasteiger partial charge is 0.0547 e. The molecular formula is C16H22N4. The Morgan fingerprint density at radius 1 is 1.05 bits per heavy atom. The van der Waals surface area contributed by atoms with E-state index in [-0.39, 0.29) is 0 Å². The van der Waals surface area contributed by atoms with Gasteiger partial charge in [0.25, 0.3) is 0 Å². The van der Waals surface area contributed by atoms with Crippen molar-refractivity contribution in [3.63, 3.8) is 0 Å². The first-order chi connectivity index (χ1) is 9.81. The monoisotopic (exact) mass is 270 g/mol. The van der Waals surface area contributed by atoms with Gasteiger partial charge in [-0.2, -0.15) is 0 Å². The highest BCUT2D eigenvalue weighted by Gasteiger charge is 2.06. The maximum absolute atomic E-state index is 4.68. The minimum absolute atomic E-state index is 0.810. The topological polar surface area (TPSA) is 41.1 Å². The minimum Gasteiger partial charge on any atom is -0.314 e. The van der Waals surface area contributed by atoms with Crippen molar-refractivity contribution in [3.05, 3.63) is 59.7 Å². The Bertz CT molecular complexity index is 513. The fourth-order valence-corrected chi connectivity index (χ4v) is 2.15. The Morgan fingerprint density at radius 2 is 1.80 bits per heavy atom. The molecule has 0 fully saturated rings. The van der Waals surface area contributed by atoms with E-state index in [1.165, 1.54) is 5.56 Å². The zero-order valence-corrected chi connectivity index (χ0v) is 12.2. The second-order valence-electron chi connectivity index (χ2n) is 4.81. The first-order valence-electron chi connectivity index (χ1n) is 7.02. The largest absolute Gasteiger partial charge is 0.314 e. The molecule has 0 saturated heterocycles. The third kappa shape index (κ3) is 4.40. The first kappa shape index (κ1) is 14.6. The molecule has 0 amide bonds. The highest BCUT2D eigenvalue weighted by molar-refractivity contribution is 5.12. The molecule has 0 spiro atoms. The highest BCUT2D eigenvalue weighted by atomic mass is 15.1. The van der Waals surface area contributed by atoms with Gasteiger partial charge < -0.3 is 5.32 Å². The summed E-state index contributed by atoms with van der Waals surface area (Å²) in [5.74, 6) is 0. The van der Waals surface area contributed by atoms with Gasteiger partial charge in [-0.25, -0.2) is 0 Å². The van der Waals surface area contributed by atoms with Crippen LogP contribution in [0.2, 0.25) is 0 Å². The van der Waals surface area contributed by atoms with Crippen LogP contribution in [0.5, 0.6) is 0 Å². The quantitative estimate of drug-likeness (QED) is 0.837. The van der Waals surface area contributed by atoms with Crippen molar-refractivity contribution in [3.8, 4) is 0 Å². The molecule has 0 aliphatic rings. The number of nitrogens with zero attached hydrogens (tertiary/aromatic N) is 3. The second-order valence-corrected chi connectivity index (χ2v) is 4.81. The summed E-state index contributed by atoms with van der Waals surface area (Å²) in [6, 6.07) is 10.4. The van der Waals surface area contributed by atoms with E-state index in [9.17, 15) is 0 Å². The maximum Gasteiger partial charge on any atom is 0.0547 e. The normalized spacial score (nSPS) is 10.9. The molecular weight excluding hydrogens is 248 g/mol. The van der Waals surface area contributed by atoms with Gasteiger partial charge in [-0.05, 0) is 43.4 Å². The first-order valence-corrected chi connectivity index (χ1v) is 7.02. The van der Waals surface area contributed by atoms with Gasteiger partial charge in [-0.1, -0.05) is 13.0 Å². The molecule has 0 atom stereocenters. The number of hydrogen-bond acceptors (Lipinski definition) is 4. The van der Waals surface area contributed by atoms with E-state index in [1.807, 2.05) is 19.4 Å². The van der Waals surface area contributed by atoms with Crippen molar-refractivity contribution >= 4 is 0 Å². The zero-order valence-electron chi connectivity index (χ0n) is 12.2. The molecule has 0 bridgehead atoms. The van der Waals surface area contributed by atoms with Crippen molar-refractivity contribution < 1.29 is 0 Å². The van der Waals surface area contributed by atoms with Crippen molar-refractivity contribution in [2.45, 2.75) is 26.6 Å². The van der Waals surface area contributed by atoms with Crippen molar-refractivity contribution in [1.82, 2.24) is 20.2 Å². The lowest BCUT2D eigenvalue weighted by Gasteiger charge is -2.20. The summed E-state index contributed by atoms with van der Waals surface area (Å²) in [6.07, 6.45) is 3.68. The van der Waals surface area contributed by atoms with E-state index >= 15 is 0 Å². The van der Waals surface area contributed by atoms with Crippen molar-refractivity contribution in [2.75, 3.05) is 13.6 Å². The molecule has 2 aromatic heterocycles. The lowest BCUT2D eigenvalue weighted by Crippen LogP contribution is -2.23. The van der Waals surface area contributed by atoms with Crippen LogP contribution >= 0.6 is 0 Å². The van der Waals surface area contributed by atoms with E-state index < -0.39 is 0 Å². The van der Waals surface area contributed by atoms with Gasteiger partial charge in [0.1, 0.15) is 0 Å². The maximum atomic E-state index is 4.68. The Labute approximate surface area is 120 Å². The average Bonchev–Trinajstić information content (AvgIpc) is 2.48. The fraction of sp³-hybridized carbons (Fsp3) is 0.375. The summed E-state index contributed by atoms with van der Waals surface area (Å²) in [6.45, 7) is 5.79. The van der Waals surface area contributed by atoms with Gasteiger partial charge in [-0.3, -0.25) is 14.9 Å². The highest BCUT2D eigenvalue weighted by Crippen LogP contribution is 2.08. The van der Waals surface area contributed by atoms with Crippen LogP contribution < -0.4 is 5.32 Å². The van der Waals surface area contributed by atoms with Crippen molar-refractivity contribution in [2.24, 2.45) is 0 Å². The van der Waals surface area contributed by atoms with Gasteiger partial charge in [0, 0.05) is 32.0 Å². The third-order valence-electron chi connectivity index (χ3n) is 3.21. The minimum atomic E-state index is 0.810. The van der Waals surface area contributed by atoms with E-state index in [1.54, 1.807) is 0 Å². The van der Waals surface area contributed by atoms with E-state index in [2.05, 4.69) is 57.4 Å². The molecule has 0 aliphatic carbocycles.